The van der Waals surface area contributed by atoms with Crippen molar-refractivity contribution in [1.29, 1.82) is 0 Å². The van der Waals surface area contributed by atoms with E-state index in [-0.39, 0.29) is 5.76 Å². The largest absolute Gasteiger partial charge is 0.508 e. The lowest BCUT2D eigenvalue weighted by atomic mass is 10.1. The second-order valence-electron chi connectivity index (χ2n) is 5.86. The van der Waals surface area contributed by atoms with Crippen molar-refractivity contribution in [3.63, 3.8) is 0 Å². The normalized spacial score (nSPS) is 18.2. The monoisotopic (exact) mass is 297 g/mol. The summed E-state index contributed by atoms with van der Waals surface area (Å²) in [5.41, 5.74) is 8.77. The van der Waals surface area contributed by atoms with E-state index in [2.05, 4.69) is 19.9 Å². The van der Waals surface area contributed by atoms with Crippen molar-refractivity contribution in [3.05, 3.63) is 29.2 Å². The fourth-order valence-corrected chi connectivity index (χ4v) is 3.30. The maximum Gasteiger partial charge on any atom is 0.223 e. The van der Waals surface area contributed by atoms with Crippen LogP contribution in [-0.2, 0) is 6.42 Å². The first-order valence-corrected chi connectivity index (χ1v) is 7.72. The fraction of sp³-hybridized carbons (Fsp3) is 0.375. The molecule has 0 radical (unpaired) electrons. The standard InChI is InChI=1S/C16H19N5O/c17-16-19-14-13(15(20-16)21-8-2-1-3-9-21)11-6-4-10(22)5-7-12(11)18-14/h4-5,7,22H,1-3,6,8-9H2,(H3,17,18,19,20). The van der Waals surface area contributed by atoms with Crippen molar-refractivity contribution in [1.82, 2.24) is 15.0 Å². The van der Waals surface area contributed by atoms with Gasteiger partial charge in [0.05, 0.1) is 5.39 Å². The Morgan fingerprint density at radius 1 is 1.14 bits per heavy atom. The lowest BCUT2D eigenvalue weighted by molar-refractivity contribution is 0.431. The molecule has 2 aromatic heterocycles. The van der Waals surface area contributed by atoms with Crippen molar-refractivity contribution in [2.75, 3.05) is 23.7 Å². The van der Waals surface area contributed by atoms with Gasteiger partial charge in [0.2, 0.25) is 5.95 Å². The molecule has 0 aromatic carbocycles. The van der Waals surface area contributed by atoms with E-state index in [9.17, 15) is 5.11 Å². The Morgan fingerprint density at radius 3 is 2.77 bits per heavy atom. The molecule has 2 aromatic rings. The molecular formula is C16H19N5O. The van der Waals surface area contributed by atoms with Crippen molar-refractivity contribution in [2.24, 2.45) is 0 Å². The topological polar surface area (TPSA) is 91.1 Å². The van der Waals surface area contributed by atoms with Crippen LogP contribution < -0.4 is 10.6 Å². The highest BCUT2D eigenvalue weighted by Crippen LogP contribution is 2.33. The first-order valence-electron chi connectivity index (χ1n) is 7.72. The number of nitrogens with zero attached hydrogens (tertiary/aromatic N) is 3. The molecule has 4 N–H and O–H groups in total. The van der Waals surface area contributed by atoms with Crippen LogP contribution in [0.25, 0.3) is 17.1 Å². The lowest BCUT2D eigenvalue weighted by Gasteiger charge is -2.28. The van der Waals surface area contributed by atoms with Crippen LogP contribution in [0.15, 0.2) is 17.9 Å². The Kier molecular flexibility index (Phi) is 3.03. The first-order chi connectivity index (χ1) is 10.7. The van der Waals surface area contributed by atoms with Gasteiger partial charge in [0.1, 0.15) is 17.2 Å². The number of hydrogen-bond acceptors (Lipinski definition) is 5. The highest BCUT2D eigenvalue weighted by molar-refractivity contribution is 5.95. The SMILES string of the molecule is Nc1nc(N2CCCCC2)c2c3c([nH]c2n1)C=CC(O)=CC3. The number of fused-ring (bicyclic) bond motifs is 3. The van der Waals surface area contributed by atoms with Gasteiger partial charge in [0, 0.05) is 18.8 Å². The third-order valence-electron chi connectivity index (χ3n) is 4.38. The van der Waals surface area contributed by atoms with Crippen LogP contribution in [0.5, 0.6) is 0 Å². The van der Waals surface area contributed by atoms with Crippen LogP contribution >= 0.6 is 0 Å². The van der Waals surface area contributed by atoms with E-state index in [4.69, 9.17) is 5.73 Å². The number of nitrogen functional groups attached to an aromatic ring is 1. The summed E-state index contributed by atoms with van der Waals surface area (Å²) >= 11 is 0. The Bertz CT molecular complexity index is 783. The van der Waals surface area contributed by atoms with E-state index in [1.165, 1.54) is 19.3 Å². The molecule has 6 heteroatoms. The number of anilines is 2. The number of H-pyrrole nitrogens is 1. The predicted octanol–water partition coefficient (Wildman–Crippen LogP) is 2.54. The third-order valence-corrected chi connectivity index (χ3v) is 4.38. The molecule has 1 fully saturated rings. The molecule has 0 bridgehead atoms. The molecule has 1 aliphatic heterocycles. The molecule has 1 saturated heterocycles. The molecule has 2 aliphatic rings. The van der Waals surface area contributed by atoms with Gasteiger partial charge in [0.25, 0.3) is 0 Å². The highest BCUT2D eigenvalue weighted by Gasteiger charge is 2.22. The van der Waals surface area contributed by atoms with Crippen LogP contribution in [0.4, 0.5) is 11.8 Å². The molecule has 6 nitrogen and oxygen atoms in total. The number of piperidine rings is 1. The summed E-state index contributed by atoms with van der Waals surface area (Å²) in [4.78, 5) is 14.5. The molecule has 0 unspecified atom stereocenters. The van der Waals surface area contributed by atoms with E-state index in [0.29, 0.717) is 12.4 Å². The van der Waals surface area contributed by atoms with Gasteiger partial charge in [-0.15, -0.1) is 0 Å². The minimum atomic E-state index is 0.286. The first kappa shape index (κ1) is 13.2. The molecule has 0 amide bonds. The average molecular weight is 297 g/mol. The lowest BCUT2D eigenvalue weighted by Crippen LogP contribution is -2.30. The Balaban J connectivity index is 1.92. The van der Waals surface area contributed by atoms with E-state index in [1.807, 2.05) is 12.2 Å². The zero-order valence-electron chi connectivity index (χ0n) is 12.3. The van der Waals surface area contributed by atoms with Gasteiger partial charge < -0.3 is 20.7 Å². The van der Waals surface area contributed by atoms with Gasteiger partial charge in [-0.1, -0.05) is 0 Å². The molecule has 1 aliphatic carbocycles. The van der Waals surface area contributed by atoms with Crippen LogP contribution in [0.2, 0.25) is 0 Å². The number of aromatic nitrogens is 3. The number of nitrogens with two attached hydrogens (primary N) is 1. The number of rotatable bonds is 1. The van der Waals surface area contributed by atoms with Crippen molar-refractivity contribution in [2.45, 2.75) is 25.7 Å². The van der Waals surface area contributed by atoms with Gasteiger partial charge in [0.15, 0.2) is 0 Å². The molecule has 22 heavy (non-hydrogen) atoms. The molecule has 3 heterocycles. The summed E-state index contributed by atoms with van der Waals surface area (Å²) in [6, 6.07) is 0. The number of aromatic amines is 1. The zero-order valence-corrected chi connectivity index (χ0v) is 12.3. The van der Waals surface area contributed by atoms with Crippen molar-refractivity contribution >= 4 is 28.9 Å². The summed E-state index contributed by atoms with van der Waals surface area (Å²) in [7, 11) is 0. The van der Waals surface area contributed by atoms with Crippen LogP contribution in [0, 0.1) is 0 Å². The van der Waals surface area contributed by atoms with Gasteiger partial charge >= 0.3 is 0 Å². The maximum absolute atomic E-state index is 9.71. The molecule has 114 valence electrons. The Morgan fingerprint density at radius 2 is 1.95 bits per heavy atom. The Hall–Kier alpha value is -2.50. The number of allylic oxidation sites excluding steroid dienone is 2. The number of aliphatic hydroxyl groups is 1. The summed E-state index contributed by atoms with van der Waals surface area (Å²) in [6.07, 6.45) is 9.67. The predicted molar refractivity (Wildman–Crippen MR) is 87.8 cm³/mol. The van der Waals surface area contributed by atoms with E-state index in [1.54, 1.807) is 6.08 Å². The van der Waals surface area contributed by atoms with Crippen molar-refractivity contribution < 1.29 is 5.11 Å². The summed E-state index contributed by atoms with van der Waals surface area (Å²) in [6.45, 7) is 2.00. The summed E-state index contributed by atoms with van der Waals surface area (Å²) in [5, 5.41) is 10.7. The molecule has 0 spiro atoms. The molecule has 4 rings (SSSR count). The van der Waals surface area contributed by atoms with Gasteiger partial charge in [-0.05, 0) is 49.5 Å². The molecule has 0 atom stereocenters. The number of aliphatic hydroxyl groups excluding tert-OH is 1. The van der Waals surface area contributed by atoms with Crippen molar-refractivity contribution in [3.8, 4) is 0 Å². The fourth-order valence-electron chi connectivity index (χ4n) is 3.30. The summed E-state index contributed by atoms with van der Waals surface area (Å²) in [5.74, 6) is 1.50. The maximum atomic E-state index is 9.71. The Labute approximate surface area is 128 Å². The minimum Gasteiger partial charge on any atom is -0.508 e. The van der Waals surface area contributed by atoms with Crippen LogP contribution in [0.3, 0.4) is 0 Å². The summed E-state index contributed by atoms with van der Waals surface area (Å²) < 4.78 is 0. The van der Waals surface area contributed by atoms with E-state index in [0.717, 1.165) is 41.2 Å². The van der Waals surface area contributed by atoms with Gasteiger partial charge in [-0.2, -0.15) is 9.97 Å². The molecular weight excluding hydrogens is 278 g/mol. The van der Waals surface area contributed by atoms with E-state index >= 15 is 0 Å². The second-order valence-corrected chi connectivity index (χ2v) is 5.86. The second kappa shape index (κ2) is 5.05. The van der Waals surface area contributed by atoms with E-state index < -0.39 is 0 Å². The smallest absolute Gasteiger partial charge is 0.223 e. The highest BCUT2D eigenvalue weighted by atomic mass is 16.3. The van der Waals surface area contributed by atoms with Crippen LogP contribution in [-0.4, -0.2) is 33.1 Å². The van der Waals surface area contributed by atoms with Crippen LogP contribution in [0.1, 0.15) is 30.5 Å². The minimum absolute atomic E-state index is 0.286. The third kappa shape index (κ3) is 2.11. The quantitative estimate of drug-likeness (QED) is 0.752. The number of hydrogen-bond donors (Lipinski definition) is 3. The average Bonchev–Trinajstić information content (AvgIpc) is 2.78. The van der Waals surface area contributed by atoms with Gasteiger partial charge in [-0.3, -0.25) is 0 Å². The molecule has 0 saturated carbocycles. The zero-order chi connectivity index (χ0) is 15.1. The number of nitrogens with one attached hydrogen (secondary N) is 1. The van der Waals surface area contributed by atoms with Gasteiger partial charge in [-0.25, -0.2) is 0 Å².